The van der Waals surface area contributed by atoms with Crippen molar-refractivity contribution in [3.63, 3.8) is 0 Å². The maximum atomic E-state index is 12.9. The molecule has 6 nitrogen and oxygen atoms in total. The molecular formula is C20H31N3O3S. The van der Waals surface area contributed by atoms with E-state index in [9.17, 15) is 13.2 Å². The maximum absolute atomic E-state index is 12.9. The third kappa shape index (κ3) is 4.05. The molecule has 27 heavy (non-hydrogen) atoms. The molecule has 0 radical (unpaired) electrons. The summed E-state index contributed by atoms with van der Waals surface area (Å²) in [5.74, 6) is 0.394. The van der Waals surface area contributed by atoms with Gasteiger partial charge >= 0.3 is 0 Å². The molecule has 0 aromatic heterocycles. The van der Waals surface area contributed by atoms with Crippen molar-refractivity contribution in [2.24, 2.45) is 5.73 Å². The van der Waals surface area contributed by atoms with Crippen molar-refractivity contribution in [3.8, 4) is 0 Å². The molecule has 1 saturated heterocycles. The Kier molecular flexibility index (Phi) is 5.93. The van der Waals surface area contributed by atoms with E-state index in [0.29, 0.717) is 37.0 Å². The largest absolute Gasteiger partial charge is 0.338 e. The van der Waals surface area contributed by atoms with Crippen LogP contribution in [0.15, 0.2) is 29.2 Å². The predicted molar refractivity (Wildman–Crippen MR) is 106 cm³/mol. The van der Waals surface area contributed by atoms with Gasteiger partial charge in [0.25, 0.3) is 0 Å². The van der Waals surface area contributed by atoms with Gasteiger partial charge in [-0.3, -0.25) is 4.79 Å². The molecule has 150 valence electrons. The average molecular weight is 394 g/mol. The Labute approximate surface area is 162 Å². The SMILES string of the molecule is CCC(C)c1ccc(S(=O)(=O)N2CCN(C(=O)C3(N)CCCC3)CC2)cc1. The molecule has 2 fully saturated rings. The lowest BCUT2D eigenvalue weighted by molar-refractivity contribution is -0.138. The van der Waals surface area contributed by atoms with Crippen molar-refractivity contribution in [1.29, 1.82) is 0 Å². The summed E-state index contributed by atoms with van der Waals surface area (Å²) >= 11 is 0. The molecule has 2 aliphatic rings. The molecule has 7 heteroatoms. The van der Waals surface area contributed by atoms with Crippen LogP contribution in [0.1, 0.15) is 57.4 Å². The van der Waals surface area contributed by atoms with Crippen LogP contribution in [-0.2, 0) is 14.8 Å². The molecule has 0 bridgehead atoms. The minimum absolute atomic E-state index is 0.0186. The van der Waals surface area contributed by atoms with Gasteiger partial charge in [-0.05, 0) is 42.9 Å². The molecule has 1 unspecified atom stereocenters. The van der Waals surface area contributed by atoms with Crippen LogP contribution in [0.3, 0.4) is 0 Å². The predicted octanol–water partition coefficient (Wildman–Crippen LogP) is 2.30. The van der Waals surface area contributed by atoms with Crippen molar-refractivity contribution >= 4 is 15.9 Å². The lowest BCUT2D eigenvalue weighted by Crippen LogP contribution is -2.59. The van der Waals surface area contributed by atoms with E-state index in [4.69, 9.17) is 5.73 Å². The highest BCUT2D eigenvalue weighted by Crippen LogP contribution is 2.30. The van der Waals surface area contributed by atoms with E-state index in [1.54, 1.807) is 17.0 Å². The zero-order valence-corrected chi connectivity index (χ0v) is 17.2. The van der Waals surface area contributed by atoms with Gasteiger partial charge in [0.15, 0.2) is 0 Å². The third-order valence-electron chi connectivity index (χ3n) is 6.15. The Balaban J connectivity index is 1.65. The van der Waals surface area contributed by atoms with Crippen LogP contribution in [0, 0.1) is 0 Å². The van der Waals surface area contributed by atoms with Crippen LogP contribution in [0.4, 0.5) is 0 Å². The van der Waals surface area contributed by atoms with Gasteiger partial charge in [0.05, 0.1) is 10.4 Å². The summed E-state index contributed by atoms with van der Waals surface area (Å²) in [6.45, 7) is 5.69. The van der Waals surface area contributed by atoms with Crippen molar-refractivity contribution in [2.75, 3.05) is 26.2 Å². The fourth-order valence-electron chi connectivity index (χ4n) is 4.02. The lowest BCUT2D eigenvalue weighted by Gasteiger charge is -2.37. The third-order valence-corrected chi connectivity index (χ3v) is 8.06. The number of piperazine rings is 1. The highest BCUT2D eigenvalue weighted by Gasteiger charge is 2.41. The molecule has 1 aromatic rings. The van der Waals surface area contributed by atoms with E-state index in [1.165, 1.54) is 4.31 Å². The van der Waals surface area contributed by atoms with Gasteiger partial charge in [-0.25, -0.2) is 8.42 Å². The average Bonchev–Trinajstić information content (AvgIpc) is 3.14. The summed E-state index contributed by atoms with van der Waals surface area (Å²) in [6.07, 6.45) is 4.46. The van der Waals surface area contributed by atoms with E-state index >= 15 is 0 Å². The second-order valence-corrected chi connectivity index (χ2v) is 9.88. The fraction of sp³-hybridized carbons (Fsp3) is 0.650. The lowest BCUT2D eigenvalue weighted by atomic mass is 9.97. The van der Waals surface area contributed by atoms with Crippen LogP contribution in [0.5, 0.6) is 0 Å². The molecule has 1 saturated carbocycles. The zero-order valence-electron chi connectivity index (χ0n) is 16.4. The maximum Gasteiger partial charge on any atom is 0.243 e. The molecule has 1 amide bonds. The summed E-state index contributed by atoms with van der Waals surface area (Å²) in [7, 11) is -3.53. The first-order valence-corrected chi connectivity index (χ1v) is 11.4. The number of carbonyl (C=O) groups excluding carboxylic acids is 1. The van der Waals surface area contributed by atoms with Gasteiger partial charge in [0, 0.05) is 26.2 Å². The van der Waals surface area contributed by atoms with Crippen LogP contribution >= 0.6 is 0 Å². The van der Waals surface area contributed by atoms with E-state index < -0.39 is 15.6 Å². The second kappa shape index (κ2) is 7.89. The molecule has 3 rings (SSSR count). The fourth-order valence-corrected chi connectivity index (χ4v) is 5.44. The number of sulfonamides is 1. The van der Waals surface area contributed by atoms with Gasteiger partial charge in [-0.15, -0.1) is 0 Å². The van der Waals surface area contributed by atoms with Crippen molar-refractivity contribution < 1.29 is 13.2 Å². The molecule has 1 aromatic carbocycles. The quantitative estimate of drug-likeness (QED) is 0.832. The summed E-state index contributed by atoms with van der Waals surface area (Å²) in [5, 5.41) is 0. The standard InChI is InChI=1S/C20H31N3O3S/c1-3-16(2)17-6-8-18(9-7-17)27(25,26)23-14-12-22(13-15-23)19(24)20(21)10-4-5-11-20/h6-9,16H,3-5,10-15,21H2,1-2H3. The zero-order chi connectivity index (χ0) is 19.7. The topological polar surface area (TPSA) is 83.7 Å². The van der Waals surface area contributed by atoms with Crippen LogP contribution in [0.25, 0.3) is 0 Å². The molecule has 1 atom stereocenters. The summed E-state index contributed by atoms with van der Waals surface area (Å²) in [5.41, 5.74) is 6.68. The molecule has 1 aliphatic heterocycles. The monoisotopic (exact) mass is 393 g/mol. The van der Waals surface area contributed by atoms with Crippen molar-refractivity contribution in [3.05, 3.63) is 29.8 Å². The summed E-state index contributed by atoms with van der Waals surface area (Å²) in [4.78, 5) is 14.8. The molecule has 1 aliphatic carbocycles. The van der Waals surface area contributed by atoms with Gasteiger partial charge in [0.1, 0.15) is 0 Å². The van der Waals surface area contributed by atoms with E-state index in [1.807, 2.05) is 12.1 Å². The highest BCUT2D eigenvalue weighted by molar-refractivity contribution is 7.89. The van der Waals surface area contributed by atoms with E-state index in [0.717, 1.165) is 37.7 Å². The number of nitrogens with zero attached hydrogens (tertiary/aromatic N) is 2. The number of hydrogen-bond donors (Lipinski definition) is 1. The first-order chi connectivity index (χ1) is 12.8. The van der Waals surface area contributed by atoms with E-state index in [2.05, 4.69) is 13.8 Å². The van der Waals surface area contributed by atoms with E-state index in [-0.39, 0.29) is 5.91 Å². The van der Waals surface area contributed by atoms with Crippen molar-refractivity contribution in [2.45, 2.75) is 62.3 Å². The van der Waals surface area contributed by atoms with Crippen molar-refractivity contribution in [1.82, 2.24) is 9.21 Å². The Bertz CT molecular complexity index is 762. The number of benzene rings is 1. The van der Waals surface area contributed by atoms with Gasteiger partial charge < -0.3 is 10.6 Å². The van der Waals surface area contributed by atoms with Gasteiger partial charge in [0.2, 0.25) is 15.9 Å². The normalized spacial score (nSPS) is 22.0. The smallest absolute Gasteiger partial charge is 0.243 e. The minimum atomic E-state index is -3.53. The summed E-state index contributed by atoms with van der Waals surface area (Å²) in [6, 6.07) is 7.20. The first-order valence-electron chi connectivity index (χ1n) is 9.96. The molecule has 2 N–H and O–H groups in total. The highest BCUT2D eigenvalue weighted by atomic mass is 32.2. The molecule has 0 spiro atoms. The Morgan fingerprint density at radius 2 is 1.67 bits per heavy atom. The van der Waals surface area contributed by atoms with Gasteiger partial charge in [-0.2, -0.15) is 4.31 Å². The number of hydrogen-bond acceptors (Lipinski definition) is 4. The van der Waals surface area contributed by atoms with Crippen LogP contribution in [0.2, 0.25) is 0 Å². The minimum Gasteiger partial charge on any atom is -0.338 e. The molecular weight excluding hydrogens is 362 g/mol. The Hall–Kier alpha value is -1.44. The number of amides is 1. The number of rotatable bonds is 5. The van der Waals surface area contributed by atoms with Gasteiger partial charge in [-0.1, -0.05) is 38.8 Å². The summed E-state index contributed by atoms with van der Waals surface area (Å²) < 4.78 is 27.3. The Morgan fingerprint density at radius 3 is 2.19 bits per heavy atom. The first kappa shape index (κ1) is 20.3. The Morgan fingerprint density at radius 1 is 1.11 bits per heavy atom. The molecule has 1 heterocycles. The number of nitrogens with two attached hydrogens (primary N) is 1. The number of carbonyl (C=O) groups is 1. The second-order valence-electron chi connectivity index (χ2n) is 7.94. The van der Waals surface area contributed by atoms with Crippen LogP contribution < -0.4 is 5.73 Å². The van der Waals surface area contributed by atoms with Crippen LogP contribution in [-0.4, -0.2) is 55.2 Å².